The SMILES string of the molecule is Cc1cc(C)c2c(c1)N(C)C(=O)CC2.Cc1cc(C)c2ccc(=O)n(C)c2c1. The van der Waals surface area contributed by atoms with Crippen LogP contribution in [0.15, 0.2) is 41.2 Å². The summed E-state index contributed by atoms with van der Waals surface area (Å²) in [6.07, 6.45) is 1.54. The fourth-order valence-electron chi connectivity index (χ4n) is 3.97. The van der Waals surface area contributed by atoms with Gasteiger partial charge in [-0.2, -0.15) is 0 Å². The standard InChI is InChI=1S/C12H15NO.C12H13NO/c2*1-8-6-9(2)10-4-5-12(14)13(3)11(10)7-8/h6-7H,4-5H2,1-3H3;4-7H,1-3H3. The Kier molecular flexibility index (Phi) is 5.41. The average molecular weight is 377 g/mol. The molecule has 1 amide bonds. The van der Waals surface area contributed by atoms with Crippen molar-refractivity contribution < 1.29 is 4.79 Å². The summed E-state index contributed by atoms with van der Waals surface area (Å²) in [7, 11) is 3.67. The zero-order valence-electron chi connectivity index (χ0n) is 17.6. The van der Waals surface area contributed by atoms with Gasteiger partial charge in [0.15, 0.2) is 0 Å². The normalized spacial score (nSPS) is 13.2. The second-order valence-electron chi connectivity index (χ2n) is 7.78. The Balaban J connectivity index is 0.000000161. The van der Waals surface area contributed by atoms with Crippen molar-refractivity contribution in [3.8, 4) is 0 Å². The monoisotopic (exact) mass is 376 g/mol. The molecule has 4 rings (SSSR count). The van der Waals surface area contributed by atoms with Gasteiger partial charge in [0.25, 0.3) is 5.56 Å². The molecule has 3 aromatic rings. The molecule has 1 aliphatic rings. The summed E-state index contributed by atoms with van der Waals surface area (Å²) in [4.78, 5) is 24.7. The predicted octanol–water partition coefficient (Wildman–Crippen LogP) is 4.37. The topological polar surface area (TPSA) is 42.3 Å². The number of hydrogen-bond acceptors (Lipinski definition) is 2. The van der Waals surface area contributed by atoms with Crippen molar-refractivity contribution in [1.82, 2.24) is 4.57 Å². The van der Waals surface area contributed by atoms with Crippen LogP contribution in [0.3, 0.4) is 0 Å². The molecule has 0 fully saturated rings. The Bertz CT molecular complexity index is 1130. The van der Waals surface area contributed by atoms with Gasteiger partial charge in [0.1, 0.15) is 0 Å². The summed E-state index contributed by atoms with van der Waals surface area (Å²) in [6, 6.07) is 12.0. The summed E-state index contributed by atoms with van der Waals surface area (Å²) in [6.45, 7) is 8.30. The highest BCUT2D eigenvalue weighted by Gasteiger charge is 2.21. The molecule has 4 heteroatoms. The zero-order valence-corrected chi connectivity index (χ0v) is 17.6. The van der Waals surface area contributed by atoms with E-state index in [1.54, 1.807) is 15.5 Å². The molecule has 0 radical (unpaired) electrons. The molecule has 4 nitrogen and oxygen atoms in total. The molecule has 146 valence electrons. The van der Waals surface area contributed by atoms with Crippen LogP contribution in [0.4, 0.5) is 5.69 Å². The van der Waals surface area contributed by atoms with Crippen molar-refractivity contribution in [3.05, 3.63) is 74.6 Å². The molecular formula is C24H28N2O2. The summed E-state index contributed by atoms with van der Waals surface area (Å²) < 4.78 is 1.69. The van der Waals surface area contributed by atoms with Gasteiger partial charge in [-0.3, -0.25) is 9.59 Å². The minimum atomic E-state index is 0.0440. The number of pyridine rings is 1. The van der Waals surface area contributed by atoms with Crippen molar-refractivity contribution in [2.24, 2.45) is 7.05 Å². The number of benzene rings is 2. The van der Waals surface area contributed by atoms with Gasteiger partial charge in [-0.15, -0.1) is 0 Å². The van der Waals surface area contributed by atoms with E-state index in [0.29, 0.717) is 6.42 Å². The fourth-order valence-corrected chi connectivity index (χ4v) is 3.97. The van der Waals surface area contributed by atoms with Crippen LogP contribution in [0.2, 0.25) is 0 Å². The smallest absolute Gasteiger partial charge is 0.250 e. The molecule has 28 heavy (non-hydrogen) atoms. The Morgan fingerprint density at radius 2 is 1.43 bits per heavy atom. The van der Waals surface area contributed by atoms with Gasteiger partial charge in [-0.25, -0.2) is 0 Å². The van der Waals surface area contributed by atoms with E-state index in [0.717, 1.165) is 23.0 Å². The number of carbonyl (C=O) groups excluding carboxylic acids is 1. The number of carbonyl (C=O) groups is 1. The van der Waals surface area contributed by atoms with Gasteiger partial charge in [0, 0.05) is 37.7 Å². The van der Waals surface area contributed by atoms with Gasteiger partial charge in [0.05, 0.1) is 5.52 Å². The van der Waals surface area contributed by atoms with E-state index in [2.05, 4.69) is 39.0 Å². The lowest BCUT2D eigenvalue weighted by Gasteiger charge is -2.27. The van der Waals surface area contributed by atoms with Crippen LogP contribution in [0.1, 0.15) is 34.2 Å². The largest absolute Gasteiger partial charge is 0.315 e. The minimum absolute atomic E-state index is 0.0440. The Morgan fingerprint density at radius 3 is 2.14 bits per heavy atom. The lowest BCUT2D eigenvalue weighted by atomic mass is 9.95. The molecular weight excluding hydrogens is 348 g/mol. The van der Waals surface area contributed by atoms with Crippen molar-refractivity contribution >= 4 is 22.5 Å². The van der Waals surface area contributed by atoms with Gasteiger partial charge in [-0.05, 0) is 80.1 Å². The van der Waals surface area contributed by atoms with Gasteiger partial charge in [0.2, 0.25) is 5.91 Å². The molecule has 1 aromatic heterocycles. The fraction of sp³-hybridized carbons (Fsp3) is 0.333. The first-order valence-electron chi connectivity index (χ1n) is 9.62. The van der Waals surface area contributed by atoms with E-state index in [4.69, 9.17) is 0 Å². The molecule has 0 N–H and O–H groups in total. The molecule has 2 heterocycles. The Hall–Kier alpha value is -2.88. The van der Waals surface area contributed by atoms with Crippen LogP contribution in [-0.4, -0.2) is 17.5 Å². The third kappa shape index (κ3) is 3.72. The number of amides is 1. The minimum Gasteiger partial charge on any atom is -0.315 e. The van der Waals surface area contributed by atoms with Gasteiger partial charge >= 0.3 is 0 Å². The molecule has 0 spiro atoms. The van der Waals surface area contributed by atoms with E-state index in [-0.39, 0.29) is 11.5 Å². The highest BCUT2D eigenvalue weighted by molar-refractivity contribution is 5.96. The molecule has 1 aliphatic heterocycles. The van der Waals surface area contributed by atoms with Gasteiger partial charge in [-0.1, -0.05) is 12.1 Å². The summed E-state index contributed by atoms with van der Waals surface area (Å²) in [5.41, 5.74) is 8.42. The number of aromatic nitrogens is 1. The lowest BCUT2D eigenvalue weighted by Crippen LogP contribution is -2.31. The van der Waals surface area contributed by atoms with Crippen LogP contribution in [0.25, 0.3) is 10.9 Å². The number of hydrogen-bond donors (Lipinski definition) is 0. The van der Waals surface area contributed by atoms with Crippen LogP contribution < -0.4 is 10.5 Å². The third-order valence-electron chi connectivity index (χ3n) is 5.51. The van der Waals surface area contributed by atoms with E-state index in [1.807, 2.05) is 33.2 Å². The van der Waals surface area contributed by atoms with E-state index in [9.17, 15) is 9.59 Å². The van der Waals surface area contributed by atoms with Crippen molar-refractivity contribution in [3.63, 3.8) is 0 Å². The van der Waals surface area contributed by atoms with E-state index in [1.165, 1.54) is 27.8 Å². The van der Waals surface area contributed by atoms with Crippen LogP contribution in [0.5, 0.6) is 0 Å². The van der Waals surface area contributed by atoms with Gasteiger partial charge < -0.3 is 9.47 Å². The maximum Gasteiger partial charge on any atom is 0.250 e. The average Bonchev–Trinajstić information content (AvgIpc) is 2.62. The molecule has 0 bridgehead atoms. The molecule has 0 saturated heterocycles. The predicted molar refractivity (Wildman–Crippen MR) is 116 cm³/mol. The summed E-state index contributed by atoms with van der Waals surface area (Å²) in [5.74, 6) is 0.225. The molecule has 2 aromatic carbocycles. The number of rotatable bonds is 0. The number of fused-ring (bicyclic) bond motifs is 2. The second kappa shape index (κ2) is 7.63. The molecule has 0 atom stereocenters. The number of nitrogens with zero attached hydrogens (tertiary/aromatic N) is 2. The number of aryl methyl sites for hydroxylation is 5. The maximum atomic E-state index is 11.5. The first kappa shape index (κ1) is 19.9. The van der Waals surface area contributed by atoms with Crippen LogP contribution in [-0.2, 0) is 18.3 Å². The summed E-state index contributed by atoms with van der Waals surface area (Å²) >= 11 is 0. The lowest BCUT2D eigenvalue weighted by molar-refractivity contribution is -0.118. The van der Waals surface area contributed by atoms with Crippen molar-refractivity contribution in [1.29, 1.82) is 0 Å². The maximum absolute atomic E-state index is 11.5. The van der Waals surface area contributed by atoms with Crippen molar-refractivity contribution in [2.45, 2.75) is 40.5 Å². The highest BCUT2D eigenvalue weighted by Crippen LogP contribution is 2.30. The molecule has 0 aliphatic carbocycles. The Morgan fingerprint density at radius 1 is 0.786 bits per heavy atom. The van der Waals surface area contributed by atoms with Crippen molar-refractivity contribution in [2.75, 3.05) is 11.9 Å². The summed E-state index contributed by atoms with van der Waals surface area (Å²) in [5, 5.41) is 1.15. The molecule has 0 saturated carbocycles. The van der Waals surface area contributed by atoms with Crippen LogP contribution in [0, 0.1) is 27.7 Å². The third-order valence-corrected chi connectivity index (χ3v) is 5.51. The first-order valence-corrected chi connectivity index (χ1v) is 9.62. The Labute approximate surface area is 166 Å². The van der Waals surface area contributed by atoms with Crippen LogP contribution >= 0.6 is 0 Å². The zero-order chi connectivity index (χ0) is 20.6. The second-order valence-corrected chi connectivity index (χ2v) is 7.78. The molecule has 0 unspecified atom stereocenters. The first-order chi connectivity index (χ1) is 13.2. The van der Waals surface area contributed by atoms with E-state index >= 15 is 0 Å². The number of anilines is 1. The quantitative estimate of drug-likeness (QED) is 0.585. The van der Waals surface area contributed by atoms with E-state index < -0.39 is 0 Å². The highest BCUT2D eigenvalue weighted by atomic mass is 16.2.